The molecule has 3 heterocycles. The predicted molar refractivity (Wildman–Crippen MR) is 151 cm³/mol. The van der Waals surface area contributed by atoms with Crippen molar-refractivity contribution >= 4 is 34.0 Å². The summed E-state index contributed by atoms with van der Waals surface area (Å²) in [5, 5.41) is 7.80. The SMILES string of the molecule is Cc1cc2ccc1[C@@H](C)CCC(=O)Nc1cccc(c1)CN(C)C(=O)[C@@H]2Nc1ccc2cc[nH]c(=O)c2c1. The number of aryl methyl sites for hydroxylation is 1. The van der Waals surface area contributed by atoms with Crippen LogP contribution in [0, 0.1) is 6.92 Å². The molecule has 3 N–H and O–H groups in total. The van der Waals surface area contributed by atoms with Crippen LogP contribution in [0.3, 0.4) is 0 Å². The Balaban J connectivity index is 1.56. The van der Waals surface area contributed by atoms with Crippen molar-refractivity contribution in [2.75, 3.05) is 17.7 Å². The molecule has 0 fully saturated rings. The van der Waals surface area contributed by atoms with Crippen molar-refractivity contribution in [1.82, 2.24) is 9.88 Å². The van der Waals surface area contributed by atoms with Crippen molar-refractivity contribution in [2.24, 2.45) is 0 Å². The molecule has 4 bridgehead atoms. The third-order valence-electron chi connectivity index (χ3n) is 7.30. The van der Waals surface area contributed by atoms with E-state index in [1.807, 2.05) is 55.5 Å². The Morgan fingerprint density at radius 3 is 2.63 bits per heavy atom. The fraction of sp³-hybridized carbons (Fsp3) is 0.258. The monoisotopic (exact) mass is 508 g/mol. The summed E-state index contributed by atoms with van der Waals surface area (Å²) in [5.74, 6) is 0.0677. The number of nitrogens with zero attached hydrogens (tertiary/aromatic N) is 1. The van der Waals surface area contributed by atoms with Crippen LogP contribution < -0.4 is 16.2 Å². The van der Waals surface area contributed by atoms with Gasteiger partial charge in [-0.1, -0.05) is 43.3 Å². The lowest BCUT2D eigenvalue weighted by Gasteiger charge is -2.27. The summed E-state index contributed by atoms with van der Waals surface area (Å²) in [5.41, 5.74) is 5.24. The number of aromatic amines is 1. The third kappa shape index (κ3) is 5.32. The van der Waals surface area contributed by atoms with Gasteiger partial charge in [-0.05, 0) is 77.2 Å². The van der Waals surface area contributed by atoms with Gasteiger partial charge in [-0.25, -0.2) is 0 Å². The molecule has 1 aromatic heterocycles. The van der Waals surface area contributed by atoms with Crippen molar-refractivity contribution in [3.63, 3.8) is 0 Å². The van der Waals surface area contributed by atoms with Crippen LogP contribution in [0.2, 0.25) is 0 Å². The molecule has 38 heavy (non-hydrogen) atoms. The number of amides is 2. The number of hydrogen-bond acceptors (Lipinski definition) is 4. The van der Waals surface area contributed by atoms with E-state index in [-0.39, 0.29) is 23.3 Å². The summed E-state index contributed by atoms with van der Waals surface area (Å²) in [4.78, 5) is 43.3. The van der Waals surface area contributed by atoms with Gasteiger partial charge in [-0.3, -0.25) is 14.4 Å². The van der Waals surface area contributed by atoms with Gasteiger partial charge in [0.05, 0.1) is 0 Å². The second kappa shape index (κ2) is 10.5. The van der Waals surface area contributed by atoms with E-state index < -0.39 is 6.04 Å². The van der Waals surface area contributed by atoms with Gasteiger partial charge < -0.3 is 20.5 Å². The van der Waals surface area contributed by atoms with E-state index in [1.54, 1.807) is 24.2 Å². The topological polar surface area (TPSA) is 94.3 Å². The molecule has 2 atom stereocenters. The fourth-order valence-electron chi connectivity index (χ4n) is 5.20. The highest BCUT2D eigenvalue weighted by Crippen LogP contribution is 2.30. The molecule has 194 valence electrons. The van der Waals surface area contributed by atoms with Crippen LogP contribution in [0.15, 0.2) is 77.7 Å². The Kier molecular flexibility index (Phi) is 7.01. The molecule has 0 radical (unpaired) electrons. The highest BCUT2D eigenvalue weighted by molar-refractivity contribution is 5.91. The van der Waals surface area contributed by atoms with Crippen molar-refractivity contribution in [1.29, 1.82) is 0 Å². The molecular weight excluding hydrogens is 476 g/mol. The summed E-state index contributed by atoms with van der Waals surface area (Å²) in [6.07, 6.45) is 2.78. The predicted octanol–water partition coefficient (Wildman–Crippen LogP) is 5.48. The number of aromatic nitrogens is 1. The molecule has 0 saturated carbocycles. The smallest absolute Gasteiger partial charge is 0.255 e. The zero-order valence-electron chi connectivity index (χ0n) is 21.9. The minimum Gasteiger partial charge on any atom is -0.370 e. The largest absolute Gasteiger partial charge is 0.370 e. The number of nitrogens with one attached hydrogen (secondary N) is 3. The zero-order valence-corrected chi connectivity index (χ0v) is 21.9. The average Bonchev–Trinajstić information content (AvgIpc) is 2.90. The summed E-state index contributed by atoms with van der Waals surface area (Å²) < 4.78 is 0. The molecule has 2 aliphatic rings. The first-order valence-electron chi connectivity index (χ1n) is 12.9. The Morgan fingerprint density at radius 1 is 0.974 bits per heavy atom. The van der Waals surface area contributed by atoms with Gasteiger partial charge in [0.15, 0.2) is 0 Å². The highest BCUT2D eigenvalue weighted by Gasteiger charge is 2.26. The maximum atomic E-state index is 13.9. The van der Waals surface area contributed by atoms with Crippen LogP contribution in [-0.2, 0) is 16.1 Å². The average molecular weight is 509 g/mol. The lowest BCUT2D eigenvalue weighted by molar-refractivity contribution is -0.131. The molecular formula is C31H32N4O3. The maximum absolute atomic E-state index is 13.9. The number of benzene rings is 3. The first-order valence-corrected chi connectivity index (χ1v) is 12.9. The van der Waals surface area contributed by atoms with E-state index in [2.05, 4.69) is 34.7 Å². The van der Waals surface area contributed by atoms with E-state index >= 15 is 0 Å². The quantitative estimate of drug-likeness (QED) is 0.334. The molecule has 0 aliphatic carbocycles. The van der Waals surface area contributed by atoms with Crippen LogP contribution >= 0.6 is 0 Å². The molecule has 3 aromatic carbocycles. The normalized spacial score (nSPS) is 18.4. The summed E-state index contributed by atoms with van der Waals surface area (Å²) in [6.45, 7) is 4.55. The highest BCUT2D eigenvalue weighted by atomic mass is 16.2. The molecule has 6 rings (SSSR count). The Hall–Kier alpha value is -4.39. The number of carbonyl (C=O) groups excluding carboxylic acids is 2. The van der Waals surface area contributed by atoms with Crippen LogP contribution in [0.5, 0.6) is 0 Å². The van der Waals surface area contributed by atoms with Crippen molar-refractivity contribution in [3.05, 3.63) is 106 Å². The Bertz CT molecular complexity index is 1580. The number of fused-ring (bicyclic) bond motifs is 10. The van der Waals surface area contributed by atoms with Gasteiger partial charge in [-0.2, -0.15) is 0 Å². The van der Waals surface area contributed by atoms with E-state index in [9.17, 15) is 14.4 Å². The van der Waals surface area contributed by atoms with Crippen LogP contribution in [0.1, 0.15) is 54.0 Å². The standard InChI is InChI=1S/C31H32N4O3/c1-19-7-12-28(36)33-24-6-4-5-21(16-24)18-35(3)31(38)29(23-9-11-26(19)20(2)15-23)34-25-10-8-22-13-14-32-30(37)27(22)17-25/h4-6,8-11,13-17,19,29,34H,7,12,18H2,1-3H3,(H,32,37)(H,33,36)/t19-,29+/m0/s1. The van der Waals surface area contributed by atoms with Crippen molar-refractivity contribution in [3.8, 4) is 0 Å². The van der Waals surface area contributed by atoms with Gasteiger partial charge >= 0.3 is 0 Å². The molecule has 0 spiro atoms. The van der Waals surface area contributed by atoms with Gasteiger partial charge in [0.2, 0.25) is 11.8 Å². The number of likely N-dealkylation sites (N-methyl/N-ethyl adjacent to an activating group) is 1. The van der Waals surface area contributed by atoms with Crippen LogP contribution in [-0.4, -0.2) is 28.7 Å². The number of rotatable bonds is 2. The lowest BCUT2D eigenvalue weighted by Crippen LogP contribution is -2.35. The van der Waals surface area contributed by atoms with Crippen molar-refractivity contribution < 1.29 is 9.59 Å². The molecule has 4 aromatic rings. The minimum atomic E-state index is -0.654. The van der Waals surface area contributed by atoms with E-state index in [4.69, 9.17) is 0 Å². The summed E-state index contributed by atoms with van der Waals surface area (Å²) in [7, 11) is 1.78. The second-order valence-corrected chi connectivity index (χ2v) is 10.2. The summed E-state index contributed by atoms with van der Waals surface area (Å²) >= 11 is 0. The molecule has 7 heteroatoms. The number of H-pyrrole nitrogens is 1. The fourth-order valence-corrected chi connectivity index (χ4v) is 5.20. The molecule has 2 amide bonds. The first kappa shape index (κ1) is 25.3. The molecule has 2 aliphatic heterocycles. The Labute approximate surface area is 221 Å². The van der Waals surface area contributed by atoms with Gasteiger partial charge in [0.25, 0.3) is 5.56 Å². The van der Waals surface area contributed by atoms with E-state index in [0.29, 0.717) is 24.0 Å². The van der Waals surface area contributed by atoms with E-state index in [1.165, 1.54) is 0 Å². The van der Waals surface area contributed by atoms with Gasteiger partial charge in [0.1, 0.15) is 6.04 Å². The first-order chi connectivity index (χ1) is 18.3. The van der Waals surface area contributed by atoms with Gasteiger partial charge in [-0.15, -0.1) is 0 Å². The van der Waals surface area contributed by atoms with E-state index in [0.717, 1.165) is 39.7 Å². The number of carbonyl (C=O) groups is 2. The van der Waals surface area contributed by atoms with Crippen LogP contribution in [0.25, 0.3) is 10.8 Å². The van der Waals surface area contributed by atoms with Crippen LogP contribution in [0.4, 0.5) is 11.4 Å². The third-order valence-corrected chi connectivity index (χ3v) is 7.30. The molecule has 7 nitrogen and oxygen atoms in total. The number of anilines is 2. The number of pyridine rings is 1. The lowest BCUT2D eigenvalue weighted by atomic mass is 9.89. The van der Waals surface area contributed by atoms with Crippen molar-refractivity contribution in [2.45, 2.75) is 45.2 Å². The molecule has 0 unspecified atom stereocenters. The summed E-state index contributed by atoms with van der Waals surface area (Å²) in [6, 6.07) is 20.5. The zero-order chi connectivity index (χ0) is 26.8. The minimum absolute atomic E-state index is 0.0155. The maximum Gasteiger partial charge on any atom is 0.255 e. The second-order valence-electron chi connectivity index (χ2n) is 10.2. The molecule has 0 saturated heterocycles. The Morgan fingerprint density at radius 2 is 1.82 bits per heavy atom. The number of hydrogen-bond donors (Lipinski definition) is 3. The van der Waals surface area contributed by atoms with Gasteiger partial charge in [0, 0.05) is 43.0 Å².